The highest BCUT2D eigenvalue weighted by Gasteiger charge is 2.40. The number of unbranched alkanes of at least 4 members (excludes halogenated alkanes) is 1. The summed E-state index contributed by atoms with van der Waals surface area (Å²) in [5.74, 6) is -0.901. The highest BCUT2D eigenvalue weighted by atomic mass is 16.6. The molecule has 0 saturated carbocycles. The Labute approximate surface area is 165 Å². The number of esters is 1. The minimum absolute atomic E-state index is 0.0420. The van der Waals surface area contributed by atoms with Crippen molar-refractivity contribution in [1.29, 1.82) is 0 Å². The quantitative estimate of drug-likeness (QED) is 0.379. The van der Waals surface area contributed by atoms with Crippen molar-refractivity contribution in [2.24, 2.45) is 0 Å². The van der Waals surface area contributed by atoms with Gasteiger partial charge in [0.25, 0.3) is 0 Å². The van der Waals surface area contributed by atoms with Crippen LogP contribution in [0.15, 0.2) is 12.2 Å². The number of hydrogen-bond acceptors (Lipinski definition) is 7. The zero-order valence-corrected chi connectivity index (χ0v) is 16.8. The number of hydrogen-bond donors (Lipinski definition) is 2. The van der Waals surface area contributed by atoms with Crippen molar-refractivity contribution in [3.05, 3.63) is 12.2 Å². The lowest BCUT2D eigenvalue weighted by Crippen LogP contribution is -2.50. The Morgan fingerprint density at radius 2 is 2.04 bits per heavy atom. The number of rotatable bonds is 7. The Hall–Kier alpha value is -2.13. The molecule has 1 fully saturated rings. The zero-order valence-electron chi connectivity index (χ0n) is 16.8. The maximum absolute atomic E-state index is 12.5. The first kappa shape index (κ1) is 23.9. The van der Waals surface area contributed by atoms with Crippen molar-refractivity contribution >= 4 is 18.2 Å². The average molecular weight is 401 g/mol. The number of cyclic esters (lactones) is 1. The number of aliphatic hydroxyl groups is 1. The highest BCUT2D eigenvalue weighted by molar-refractivity contribution is 5.93. The van der Waals surface area contributed by atoms with E-state index in [4.69, 9.17) is 14.2 Å². The molecule has 160 valence electrons. The van der Waals surface area contributed by atoms with Crippen molar-refractivity contribution in [2.45, 2.75) is 77.2 Å². The Bertz CT molecular complexity index is 564. The molecule has 0 radical (unpaired) electrons. The summed E-state index contributed by atoms with van der Waals surface area (Å²) in [6.45, 7) is 9.24. The van der Waals surface area contributed by atoms with Gasteiger partial charge in [0.05, 0.1) is 19.3 Å². The molecule has 28 heavy (non-hydrogen) atoms. The van der Waals surface area contributed by atoms with Gasteiger partial charge >= 0.3 is 18.2 Å². The third kappa shape index (κ3) is 7.12. The van der Waals surface area contributed by atoms with Gasteiger partial charge in [-0.1, -0.05) is 25.5 Å². The van der Waals surface area contributed by atoms with Crippen LogP contribution in [0.3, 0.4) is 0 Å². The van der Waals surface area contributed by atoms with Crippen LogP contribution in [0.2, 0.25) is 0 Å². The molecule has 4 unspecified atom stereocenters. The lowest BCUT2D eigenvalue weighted by molar-refractivity contribution is -0.163. The maximum Gasteiger partial charge on any atom is 0.420 e. The highest BCUT2D eigenvalue weighted by Crippen LogP contribution is 2.22. The van der Waals surface area contributed by atoms with Crippen LogP contribution in [0.5, 0.6) is 0 Å². The van der Waals surface area contributed by atoms with Crippen LogP contribution in [-0.2, 0) is 19.0 Å². The van der Waals surface area contributed by atoms with E-state index >= 15 is 0 Å². The Kier molecular flexibility index (Phi) is 9.95. The molecule has 0 aromatic rings. The van der Waals surface area contributed by atoms with Crippen LogP contribution in [0, 0.1) is 0 Å². The van der Waals surface area contributed by atoms with E-state index in [-0.39, 0.29) is 19.6 Å². The van der Waals surface area contributed by atoms with E-state index in [1.165, 1.54) is 6.92 Å². The molecule has 0 aromatic carbocycles. The average Bonchev–Trinajstić information content (AvgIpc) is 2.65. The van der Waals surface area contributed by atoms with Gasteiger partial charge in [0.2, 0.25) is 0 Å². The summed E-state index contributed by atoms with van der Waals surface area (Å²) in [5, 5.41) is 19.9. The fraction of sp³-hybridized carbons (Fsp3) is 0.737. The van der Waals surface area contributed by atoms with Gasteiger partial charge in [-0.05, 0) is 39.5 Å². The SMILES string of the molecule is C=C(C)COC1CCCC(N(C(=O)O)C(=O)OCCCC)C(=O)OC(C)C1O. The molecule has 1 aliphatic heterocycles. The van der Waals surface area contributed by atoms with E-state index < -0.39 is 42.5 Å². The first-order chi connectivity index (χ1) is 13.2. The third-order valence-electron chi connectivity index (χ3n) is 4.38. The van der Waals surface area contributed by atoms with Crippen molar-refractivity contribution in [3.63, 3.8) is 0 Å². The molecule has 1 aliphatic rings. The van der Waals surface area contributed by atoms with E-state index in [1.54, 1.807) is 6.92 Å². The molecule has 1 heterocycles. The first-order valence-corrected chi connectivity index (χ1v) is 9.52. The van der Waals surface area contributed by atoms with E-state index in [0.29, 0.717) is 24.2 Å². The second kappa shape index (κ2) is 11.7. The van der Waals surface area contributed by atoms with Crippen LogP contribution in [0.25, 0.3) is 0 Å². The molecule has 2 N–H and O–H groups in total. The second-order valence-electron chi connectivity index (χ2n) is 7.01. The normalized spacial score (nSPS) is 25.6. The molecule has 4 atom stereocenters. The summed E-state index contributed by atoms with van der Waals surface area (Å²) in [7, 11) is 0. The predicted molar refractivity (Wildman–Crippen MR) is 99.9 cm³/mol. The fourth-order valence-electron chi connectivity index (χ4n) is 2.81. The van der Waals surface area contributed by atoms with Gasteiger partial charge in [0, 0.05) is 0 Å². The van der Waals surface area contributed by atoms with Crippen LogP contribution >= 0.6 is 0 Å². The predicted octanol–water partition coefficient (Wildman–Crippen LogP) is 2.71. The summed E-state index contributed by atoms with van der Waals surface area (Å²) in [5.41, 5.74) is 0.779. The minimum atomic E-state index is -1.59. The third-order valence-corrected chi connectivity index (χ3v) is 4.38. The van der Waals surface area contributed by atoms with Crippen LogP contribution in [0.4, 0.5) is 9.59 Å². The summed E-state index contributed by atoms with van der Waals surface area (Å²) < 4.78 is 15.8. The van der Waals surface area contributed by atoms with Crippen molar-refractivity contribution in [3.8, 4) is 0 Å². The maximum atomic E-state index is 12.5. The summed E-state index contributed by atoms with van der Waals surface area (Å²) in [6, 6.07) is -1.35. The molecule has 9 heteroatoms. The zero-order chi connectivity index (χ0) is 21.3. The molecule has 0 bridgehead atoms. The molecule has 9 nitrogen and oxygen atoms in total. The van der Waals surface area contributed by atoms with Crippen molar-refractivity contribution in [2.75, 3.05) is 13.2 Å². The van der Waals surface area contributed by atoms with E-state index in [0.717, 1.165) is 12.0 Å². The molecule has 0 spiro atoms. The fourth-order valence-corrected chi connectivity index (χ4v) is 2.81. The molecular formula is C19H31NO8. The molecule has 1 rings (SSSR count). The number of amides is 2. The smallest absolute Gasteiger partial charge is 0.420 e. The molecule has 0 aromatic heterocycles. The van der Waals surface area contributed by atoms with Crippen molar-refractivity contribution < 1.29 is 38.8 Å². The van der Waals surface area contributed by atoms with Crippen LogP contribution < -0.4 is 0 Å². The number of ether oxygens (including phenoxy) is 3. The summed E-state index contributed by atoms with van der Waals surface area (Å²) >= 11 is 0. The monoisotopic (exact) mass is 401 g/mol. The number of nitrogens with zero attached hydrogens (tertiary/aromatic N) is 1. The summed E-state index contributed by atoms with van der Waals surface area (Å²) in [4.78, 5) is 36.7. The number of imide groups is 1. The molecular weight excluding hydrogens is 370 g/mol. The minimum Gasteiger partial charge on any atom is -0.464 e. The first-order valence-electron chi connectivity index (χ1n) is 9.52. The van der Waals surface area contributed by atoms with Gasteiger partial charge < -0.3 is 24.4 Å². The van der Waals surface area contributed by atoms with Gasteiger partial charge in [-0.3, -0.25) is 0 Å². The number of carbonyl (C=O) groups is 3. The standard InChI is InChI=1S/C19H31NO8/c1-5-6-10-26-19(25)20(18(23)24)14-8-7-9-15(27-11-12(2)3)16(21)13(4)28-17(14)22/h13-16,21H,2,5-11H2,1,3-4H3,(H,23,24). The Balaban J connectivity index is 2.94. The lowest BCUT2D eigenvalue weighted by atomic mass is 10.0. The van der Waals surface area contributed by atoms with Crippen molar-refractivity contribution in [1.82, 2.24) is 4.90 Å². The van der Waals surface area contributed by atoms with Gasteiger partial charge in [0.15, 0.2) is 0 Å². The topological polar surface area (TPSA) is 123 Å². The van der Waals surface area contributed by atoms with E-state index in [2.05, 4.69) is 6.58 Å². The Morgan fingerprint density at radius 3 is 2.61 bits per heavy atom. The van der Waals surface area contributed by atoms with Crippen LogP contribution in [-0.4, -0.2) is 70.8 Å². The number of carbonyl (C=O) groups excluding carboxylic acids is 2. The summed E-state index contributed by atoms with van der Waals surface area (Å²) in [6.07, 6.45) is -3.22. The van der Waals surface area contributed by atoms with E-state index in [9.17, 15) is 24.6 Å². The van der Waals surface area contributed by atoms with Gasteiger partial charge in [-0.15, -0.1) is 0 Å². The molecule has 0 aliphatic carbocycles. The number of carboxylic acid groups (broad SMARTS) is 1. The lowest BCUT2D eigenvalue weighted by Gasteiger charge is -2.28. The van der Waals surface area contributed by atoms with Gasteiger partial charge in [-0.25, -0.2) is 14.4 Å². The second-order valence-corrected chi connectivity index (χ2v) is 7.01. The van der Waals surface area contributed by atoms with Crippen LogP contribution in [0.1, 0.15) is 52.9 Å². The number of aliphatic hydroxyl groups excluding tert-OH is 1. The molecule has 2 amide bonds. The largest absolute Gasteiger partial charge is 0.464 e. The molecule has 1 saturated heterocycles. The van der Waals surface area contributed by atoms with Gasteiger partial charge in [-0.2, -0.15) is 4.90 Å². The van der Waals surface area contributed by atoms with E-state index in [1.807, 2.05) is 6.92 Å². The van der Waals surface area contributed by atoms with Gasteiger partial charge in [0.1, 0.15) is 18.2 Å². The Morgan fingerprint density at radius 1 is 1.36 bits per heavy atom.